The first-order valence-electron chi connectivity index (χ1n) is 13.4. The fourth-order valence-electron chi connectivity index (χ4n) is 8.24. The first kappa shape index (κ1) is 20.3. The Kier molecular flexibility index (Phi) is 3.48. The monoisotopic (exact) mass is 487 g/mol. The van der Waals surface area contributed by atoms with Crippen LogP contribution >= 0.6 is 0 Å². The second kappa shape index (κ2) is 6.35. The first-order chi connectivity index (χ1) is 18.0. The molecule has 5 aromatic carbocycles. The topological polar surface area (TPSA) is 4.93 Å². The van der Waals surface area contributed by atoms with Gasteiger partial charge in [0.1, 0.15) is 8.07 Å². The second-order valence-corrected chi connectivity index (χ2v) is 16.2. The standard InChI is InChI=1S/C34H26BNSi/c1-34-21-16-19-31-28(20-21)35(27-13-7-9-15-30(27)37(31,2)3)36-29-14-8-5-11-23(29)25-18-17-24(32(34)33(25)36)22-10-4-6-12-26(22)34/h4-20H,1-3H3/t34-/m1/s1. The molecule has 37 heavy (non-hydrogen) atoms. The third-order valence-corrected chi connectivity index (χ3v) is 13.5. The van der Waals surface area contributed by atoms with E-state index in [1.807, 2.05) is 0 Å². The van der Waals surface area contributed by atoms with Crippen LogP contribution in [-0.2, 0) is 5.41 Å². The van der Waals surface area contributed by atoms with Crippen LogP contribution in [0.3, 0.4) is 0 Å². The number of nitrogens with zero attached hydrogens (tertiary/aromatic N) is 1. The van der Waals surface area contributed by atoms with Gasteiger partial charge in [-0.1, -0.05) is 131 Å². The van der Waals surface area contributed by atoms with Crippen LogP contribution in [0.5, 0.6) is 0 Å². The number of fused-ring (bicyclic) bond motifs is 11. The lowest BCUT2D eigenvalue weighted by Crippen LogP contribution is -2.75. The van der Waals surface area contributed by atoms with Gasteiger partial charge >= 0.3 is 6.85 Å². The highest BCUT2D eigenvalue weighted by molar-refractivity contribution is 7.11. The van der Waals surface area contributed by atoms with E-state index in [0.29, 0.717) is 0 Å². The highest BCUT2D eigenvalue weighted by Gasteiger charge is 2.49. The molecule has 0 radical (unpaired) electrons. The van der Waals surface area contributed by atoms with Crippen molar-refractivity contribution < 1.29 is 0 Å². The number of benzene rings is 5. The molecule has 2 bridgehead atoms. The molecule has 3 aliphatic rings. The molecule has 6 aromatic rings. The molecule has 0 amide bonds. The predicted molar refractivity (Wildman–Crippen MR) is 160 cm³/mol. The zero-order valence-corrected chi connectivity index (χ0v) is 22.3. The molecule has 1 aliphatic carbocycles. The van der Waals surface area contributed by atoms with Gasteiger partial charge in [-0.3, -0.25) is 0 Å². The van der Waals surface area contributed by atoms with Gasteiger partial charge in [0.15, 0.2) is 0 Å². The van der Waals surface area contributed by atoms with Crippen molar-refractivity contribution in [2.75, 3.05) is 0 Å². The average Bonchev–Trinajstić information content (AvgIpc) is 3.39. The average molecular weight is 487 g/mol. The Morgan fingerprint density at radius 3 is 2.35 bits per heavy atom. The number of hydrogen-bond acceptors (Lipinski definition) is 0. The van der Waals surface area contributed by atoms with Crippen LogP contribution in [0.25, 0.3) is 32.9 Å². The summed E-state index contributed by atoms with van der Waals surface area (Å²) >= 11 is 0. The van der Waals surface area contributed by atoms with Crippen molar-refractivity contribution in [3.8, 4) is 11.1 Å². The Morgan fingerprint density at radius 1 is 0.676 bits per heavy atom. The number of hydrogen-bond donors (Lipinski definition) is 0. The van der Waals surface area contributed by atoms with Crippen LogP contribution in [0, 0.1) is 0 Å². The van der Waals surface area contributed by atoms with Gasteiger partial charge in [-0.05, 0) is 40.8 Å². The summed E-state index contributed by atoms with van der Waals surface area (Å²) in [6.07, 6.45) is 0. The maximum atomic E-state index is 2.72. The second-order valence-electron chi connectivity index (χ2n) is 11.9. The van der Waals surface area contributed by atoms with E-state index in [0.717, 1.165) is 0 Å². The molecule has 3 heterocycles. The fourth-order valence-corrected chi connectivity index (χ4v) is 11.4. The molecular formula is C34H26BNSi. The minimum Gasteiger partial charge on any atom is -0.376 e. The molecule has 174 valence electrons. The van der Waals surface area contributed by atoms with Crippen LogP contribution in [0.15, 0.2) is 103 Å². The lowest BCUT2D eigenvalue weighted by Gasteiger charge is -2.41. The van der Waals surface area contributed by atoms with Gasteiger partial charge in [0.25, 0.3) is 0 Å². The molecule has 2 aliphatic heterocycles. The Bertz CT molecular complexity index is 2000. The molecule has 0 fully saturated rings. The SMILES string of the molecule is C[C@]12c3ccc4c(c3)B(c3ccccc3[Si]4(C)C)n3c4ccccc4c4ccc(c1c43)-c1ccccc12. The highest BCUT2D eigenvalue weighted by Crippen LogP contribution is 2.55. The Hall–Kier alpha value is -3.82. The van der Waals surface area contributed by atoms with Crippen molar-refractivity contribution in [2.45, 2.75) is 25.4 Å². The molecule has 0 N–H and O–H groups in total. The Balaban J connectivity index is 1.59. The smallest absolute Gasteiger partial charge is 0.328 e. The van der Waals surface area contributed by atoms with Crippen molar-refractivity contribution in [1.29, 1.82) is 0 Å². The van der Waals surface area contributed by atoms with E-state index in [1.54, 1.807) is 10.4 Å². The maximum Gasteiger partial charge on any atom is 0.328 e. The van der Waals surface area contributed by atoms with Crippen LogP contribution in [0.4, 0.5) is 0 Å². The fraction of sp³-hybridized carbons (Fsp3) is 0.118. The maximum absolute atomic E-state index is 2.72. The summed E-state index contributed by atoms with van der Waals surface area (Å²) in [6.45, 7) is 7.72. The van der Waals surface area contributed by atoms with Gasteiger partial charge < -0.3 is 4.48 Å². The third kappa shape index (κ3) is 2.13. The number of rotatable bonds is 0. The summed E-state index contributed by atoms with van der Waals surface area (Å²) in [5.41, 5.74) is 12.7. The minimum absolute atomic E-state index is 0.175. The third-order valence-electron chi connectivity index (χ3n) is 9.91. The summed E-state index contributed by atoms with van der Waals surface area (Å²) in [4.78, 5) is 0. The van der Waals surface area contributed by atoms with Crippen LogP contribution in [0.2, 0.25) is 13.1 Å². The zero-order valence-electron chi connectivity index (χ0n) is 21.3. The molecule has 1 nitrogen and oxygen atoms in total. The molecule has 0 spiro atoms. The quantitative estimate of drug-likeness (QED) is 0.259. The summed E-state index contributed by atoms with van der Waals surface area (Å²) in [7, 11) is -1.85. The van der Waals surface area contributed by atoms with Crippen LogP contribution < -0.4 is 21.3 Å². The summed E-state index contributed by atoms with van der Waals surface area (Å²) < 4.78 is 2.72. The zero-order chi connectivity index (χ0) is 24.7. The molecular weight excluding hydrogens is 461 g/mol. The molecule has 1 aromatic heterocycles. The van der Waals surface area contributed by atoms with Crippen molar-refractivity contribution in [3.05, 3.63) is 120 Å². The molecule has 1 atom stereocenters. The molecule has 0 saturated carbocycles. The Labute approximate surface area is 218 Å². The van der Waals surface area contributed by atoms with Gasteiger partial charge in [-0.25, -0.2) is 0 Å². The van der Waals surface area contributed by atoms with Gasteiger partial charge in [0.2, 0.25) is 0 Å². The van der Waals surface area contributed by atoms with E-state index in [9.17, 15) is 0 Å². The van der Waals surface area contributed by atoms with Crippen LogP contribution in [-0.4, -0.2) is 19.4 Å². The van der Waals surface area contributed by atoms with Crippen LogP contribution in [0.1, 0.15) is 23.6 Å². The van der Waals surface area contributed by atoms with Crippen molar-refractivity contribution in [2.24, 2.45) is 0 Å². The van der Waals surface area contributed by atoms with Gasteiger partial charge in [0, 0.05) is 27.2 Å². The van der Waals surface area contributed by atoms with Gasteiger partial charge in [-0.2, -0.15) is 0 Å². The van der Waals surface area contributed by atoms with Gasteiger partial charge in [0.05, 0.1) is 0 Å². The lowest BCUT2D eigenvalue weighted by atomic mass is 9.48. The van der Waals surface area contributed by atoms with E-state index in [2.05, 4.69) is 128 Å². The van der Waals surface area contributed by atoms with Gasteiger partial charge in [-0.15, -0.1) is 0 Å². The minimum atomic E-state index is -1.85. The first-order valence-corrected chi connectivity index (χ1v) is 16.4. The molecule has 0 unspecified atom stereocenters. The van der Waals surface area contributed by atoms with E-state index >= 15 is 0 Å². The largest absolute Gasteiger partial charge is 0.376 e. The Morgan fingerprint density at radius 2 is 1.43 bits per heavy atom. The van der Waals surface area contributed by atoms with Crippen molar-refractivity contribution >= 4 is 58.0 Å². The number of aromatic nitrogens is 1. The molecule has 0 saturated heterocycles. The highest BCUT2D eigenvalue weighted by atomic mass is 28.3. The molecule has 3 heteroatoms. The summed E-state index contributed by atoms with van der Waals surface area (Å²) in [5.74, 6) is 0. The van der Waals surface area contributed by atoms with Crippen molar-refractivity contribution in [1.82, 2.24) is 4.48 Å². The van der Waals surface area contributed by atoms with E-state index < -0.39 is 8.07 Å². The lowest BCUT2D eigenvalue weighted by molar-refractivity contribution is 0.718. The summed E-state index contributed by atoms with van der Waals surface area (Å²) in [6, 6.07) is 39.8. The normalized spacial score (nSPS) is 19.5. The summed E-state index contributed by atoms with van der Waals surface area (Å²) in [5, 5.41) is 5.89. The van der Waals surface area contributed by atoms with Crippen molar-refractivity contribution in [3.63, 3.8) is 0 Å². The molecule has 9 rings (SSSR count). The van der Waals surface area contributed by atoms with E-state index in [-0.39, 0.29) is 12.3 Å². The van der Waals surface area contributed by atoms with E-state index in [4.69, 9.17) is 0 Å². The number of para-hydroxylation sites is 1. The predicted octanol–water partition coefficient (Wildman–Crippen LogP) is 5.23. The van der Waals surface area contributed by atoms with E-state index in [1.165, 1.54) is 60.5 Å².